The van der Waals surface area contributed by atoms with Gasteiger partial charge in [0.1, 0.15) is 5.82 Å². The number of nitrogens with two attached hydrogens (primary N) is 1. The zero-order valence-corrected chi connectivity index (χ0v) is 22.4. The number of rotatable bonds is 10. The fraction of sp³-hybridized carbons (Fsp3) is 0.560. The highest BCUT2D eigenvalue weighted by molar-refractivity contribution is 5.78. The maximum atomic E-state index is 13.4. The third kappa shape index (κ3) is 6.26. The molecule has 1 atom stereocenters. The predicted octanol–water partition coefficient (Wildman–Crippen LogP) is 2.06. The van der Waals surface area contributed by atoms with Gasteiger partial charge in [-0.3, -0.25) is 4.79 Å². The van der Waals surface area contributed by atoms with E-state index in [1.165, 1.54) is 0 Å². The number of nitrogens with one attached hydrogen (secondary N) is 1. The van der Waals surface area contributed by atoms with E-state index in [1.807, 2.05) is 43.9 Å². The van der Waals surface area contributed by atoms with E-state index in [-0.39, 0.29) is 24.1 Å². The molecule has 4 rings (SSSR count). The number of alkyl halides is 2. The lowest BCUT2D eigenvalue weighted by Gasteiger charge is -2.36. The molecule has 1 amide bonds. The largest absolute Gasteiger partial charge is 0.380 e. The Balaban J connectivity index is 1.47. The summed E-state index contributed by atoms with van der Waals surface area (Å²) in [7, 11) is 3.79. The molecule has 38 heavy (non-hydrogen) atoms. The number of hydrogen-bond donors (Lipinski definition) is 2. The number of aromatic nitrogens is 5. The van der Waals surface area contributed by atoms with Crippen molar-refractivity contribution < 1.29 is 13.6 Å². The van der Waals surface area contributed by atoms with Crippen LogP contribution >= 0.6 is 0 Å². The average molecular weight is 531 g/mol. The van der Waals surface area contributed by atoms with Gasteiger partial charge < -0.3 is 25.8 Å². The van der Waals surface area contributed by atoms with Crippen molar-refractivity contribution in [2.24, 2.45) is 0 Å². The van der Waals surface area contributed by atoms with Crippen LogP contribution in [0.1, 0.15) is 36.6 Å². The monoisotopic (exact) mass is 530 g/mol. The number of piperazine rings is 1. The number of amides is 1. The van der Waals surface area contributed by atoms with Crippen LogP contribution in [0.15, 0.2) is 18.5 Å². The molecule has 1 fully saturated rings. The molecule has 3 aromatic rings. The van der Waals surface area contributed by atoms with Gasteiger partial charge in [-0.05, 0) is 38.6 Å². The van der Waals surface area contributed by atoms with E-state index in [9.17, 15) is 13.6 Å². The average Bonchev–Trinajstić information content (AvgIpc) is 3.26. The minimum Gasteiger partial charge on any atom is -0.380 e. The summed E-state index contributed by atoms with van der Waals surface area (Å²) in [6.07, 6.45) is 2.30. The number of imidazole rings is 1. The van der Waals surface area contributed by atoms with Crippen LogP contribution in [0.4, 0.5) is 26.4 Å². The van der Waals surface area contributed by atoms with Gasteiger partial charge in [0.2, 0.25) is 11.9 Å². The number of anilines is 3. The SMILES string of the molecule is CCCC(Nc1nc(N)c2ncc(Cc3cnc(N4CCN(C(=O)CN(C)C)CC4)c(C)c3)n2n1)C(F)F. The molecule has 0 bridgehead atoms. The van der Waals surface area contributed by atoms with E-state index >= 15 is 0 Å². The van der Waals surface area contributed by atoms with E-state index in [4.69, 9.17) is 10.7 Å². The van der Waals surface area contributed by atoms with Gasteiger partial charge in [0.25, 0.3) is 6.43 Å². The summed E-state index contributed by atoms with van der Waals surface area (Å²) in [5.74, 6) is 1.20. The van der Waals surface area contributed by atoms with E-state index < -0.39 is 12.5 Å². The van der Waals surface area contributed by atoms with Crippen molar-refractivity contribution in [3.63, 3.8) is 0 Å². The Bertz CT molecular complexity index is 1260. The molecule has 1 unspecified atom stereocenters. The third-order valence-corrected chi connectivity index (χ3v) is 6.55. The maximum Gasteiger partial charge on any atom is 0.258 e. The van der Waals surface area contributed by atoms with Crippen molar-refractivity contribution >= 4 is 29.1 Å². The molecule has 0 spiro atoms. The molecule has 206 valence electrons. The van der Waals surface area contributed by atoms with Crippen molar-refractivity contribution in [2.45, 2.75) is 45.6 Å². The highest BCUT2D eigenvalue weighted by Crippen LogP contribution is 2.23. The Morgan fingerprint density at radius 2 is 1.92 bits per heavy atom. The van der Waals surface area contributed by atoms with Gasteiger partial charge in [-0.25, -0.2) is 23.3 Å². The summed E-state index contributed by atoms with van der Waals surface area (Å²) in [6, 6.07) is 1.01. The number of nitrogens with zero attached hydrogens (tertiary/aromatic N) is 8. The Labute approximate surface area is 221 Å². The number of halogens is 2. The first-order valence-electron chi connectivity index (χ1n) is 12.8. The minimum atomic E-state index is -2.55. The third-order valence-electron chi connectivity index (χ3n) is 6.55. The first-order chi connectivity index (χ1) is 18.2. The molecule has 0 aliphatic carbocycles. The summed E-state index contributed by atoms with van der Waals surface area (Å²) in [4.78, 5) is 31.5. The Kier molecular flexibility index (Phi) is 8.55. The van der Waals surface area contributed by atoms with Crippen molar-refractivity contribution in [3.8, 4) is 0 Å². The summed E-state index contributed by atoms with van der Waals surface area (Å²) in [5, 5.41) is 7.12. The molecular weight excluding hydrogens is 494 g/mol. The van der Waals surface area contributed by atoms with E-state index in [0.717, 1.165) is 35.7 Å². The second-order valence-electron chi connectivity index (χ2n) is 9.95. The van der Waals surface area contributed by atoms with Crippen LogP contribution in [-0.2, 0) is 11.2 Å². The summed E-state index contributed by atoms with van der Waals surface area (Å²) < 4.78 is 28.3. The lowest BCUT2D eigenvalue weighted by Crippen LogP contribution is -2.51. The molecule has 0 saturated carbocycles. The zero-order chi connectivity index (χ0) is 27.4. The smallest absolute Gasteiger partial charge is 0.258 e. The Morgan fingerprint density at radius 3 is 2.55 bits per heavy atom. The second kappa shape index (κ2) is 11.8. The van der Waals surface area contributed by atoms with E-state index in [2.05, 4.69) is 31.3 Å². The van der Waals surface area contributed by atoms with Crippen molar-refractivity contribution in [3.05, 3.63) is 35.3 Å². The van der Waals surface area contributed by atoms with Gasteiger partial charge in [0.15, 0.2) is 11.5 Å². The molecule has 1 saturated heterocycles. The molecule has 0 aromatic carbocycles. The number of aryl methyl sites for hydroxylation is 1. The van der Waals surface area contributed by atoms with Crippen LogP contribution in [0.5, 0.6) is 0 Å². The van der Waals surface area contributed by atoms with Gasteiger partial charge in [0.05, 0.1) is 24.5 Å². The van der Waals surface area contributed by atoms with E-state index in [0.29, 0.717) is 38.1 Å². The molecule has 1 aliphatic rings. The van der Waals surface area contributed by atoms with Crippen LogP contribution in [0, 0.1) is 6.92 Å². The number of carbonyl (C=O) groups excluding carboxylic acids is 1. The highest BCUT2D eigenvalue weighted by Gasteiger charge is 2.24. The minimum absolute atomic E-state index is 0.0425. The number of hydrogen-bond acceptors (Lipinski definition) is 9. The van der Waals surface area contributed by atoms with Crippen molar-refractivity contribution in [1.82, 2.24) is 34.4 Å². The zero-order valence-electron chi connectivity index (χ0n) is 22.4. The topological polar surface area (TPSA) is 121 Å². The first-order valence-corrected chi connectivity index (χ1v) is 12.8. The van der Waals surface area contributed by atoms with Gasteiger partial charge in [-0.2, -0.15) is 4.98 Å². The number of likely N-dealkylation sites (N-methyl/N-ethyl adjacent to an activating group) is 1. The molecule has 1 aliphatic heterocycles. The predicted molar refractivity (Wildman–Crippen MR) is 143 cm³/mol. The lowest BCUT2D eigenvalue weighted by atomic mass is 10.1. The Morgan fingerprint density at radius 1 is 1.18 bits per heavy atom. The number of pyridine rings is 1. The highest BCUT2D eigenvalue weighted by atomic mass is 19.3. The fourth-order valence-electron chi connectivity index (χ4n) is 4.67. The number of nitrogen functional groups attached to an aromatic ring is 1. The quantitative estimate of drug-likeness (QED) is 0.406. The first kappa shape index (κ1) is 27.4. The maximum absolute atomic E-state index is 13.4. The normalized spacial score (nSPS) is 15.1. The van der Waals surface area contributed by atoms with Gasteiger partial charge >= 0.3 is 0 Å². The van der Waals surface area contributed by atoms with Gasteiger partial charge in [-0.15, -0.1) is 5.10 Å². The van der Waals surface area contributed by atoms with Crippen LogP contribution in [0.2, 0.25) is 0 Å². The van der Waals surface area contributed by atoms with Crippen LogP contribution < -0.4 is 16.0 Å². The van der Waals surface area contributed by atoms with Gasteiger partial charge in [-0.1, -0.05) is 19.4 Å². The summed E-state index contributed by atoms with van der Waals surface area (Å²) in [5.41, 5.74) is 9.16. The van der Waals surface area contributed by atoms with Crippen LogP contribution in [0.25, 0.3) is 5.65 Å². The molecule has 3 N–H and O–H groups in total. The van der Waals surface area contributed by atoms with Crippen LogP contribution in [-0.4, -0.2) is 99.6 Å². The van der Waals surface area contributed by atoms with Crippen LogP contribution in [0.3, 0.4) is 0 Å². The van der Waals surface area contributed by atoms with E-state index in [1.54, 1.807) is 10.7 Å². The molecule has 13 heteroatoms. The van der Waals surface area contributed by atoms with Gasteiger partial charge in [0, 0.05) is 38.8 Å². The Hall–Kier alpha value is -3.61. The lowest BCUT2D eigenvalue weighted by molar-refractivity contribution is -0.132. The van der Waals surface area contributed by atoms with Crippen molar-refractivity contribution in [2.75, 3.05) is 62.8 Å². The molecule has 11 nitrogen and oxygen atoms in total. The fourth-order valence-corrected chi connectivity index (χ4v) is 4.67. The molecular formula is C25H36F2N10O. The standard InChI is InChI=1S/C25H36F2N10O/c1-5-6-19(21(26)27)31-25-32-22(28)24-30-14-18(37(24)33-25)12-17-11-16(2)23(29-13-17)36-9-7-35(8-10-36)20(38)15-34(3)4/h11,13-14,19,21H,5-10,12,15H2,1-4H3,(H3,28,31,32,33). The second-order valence-corrected chi connectivity index (χ2v) is 9.95. The van der Waals surface area contributed by atoms with Crippen molar-refractivity contribution in [1.29, 1.82) is 0 Å². The summed E-state index contributed by atoms with van der Waals surface area (Å²) >= 11 is 0. The number of carbonyl (C=O) groups is 1. The summed E-state index contributed by atoms with van der Waals surface area (Å²) in [6.45, 7) is 7.06. The molecule has 3 aromatic heterocycles. The molecule has 0 radical (unpaired) electrons. The molecule has 4 heterocycles. The number of fused-ring (bicyclic) bond motifs is 1.